The fourth-order valence-electron chi connectivity index (χ4n) is 9.24. The van der Waals surface area contributed by atoms with Crippen LogP contribution in [0, 0.1) is 0 Å². The molecule has 1 unspecified atom stereocenters. The molecule has 408 valence electrons. The number of unbranched alkanes of at least 4 members (excludes halogenated alkanes) is 45. The molecule has 0 bridgehead atoms. The molecule has 9 nitrogen and oxygen atoms in total. The Morgan fingerprint density at radius 3 is 0.956 bits per heavy atom. The molecule has 0 fully saturated rings. The normalized spacial score (nSPS) is 13.5. The summed E-state index contributed by atoms with van der Waals surface area (Å²) in [6.07, 6.45) is 61.1. The summed E-state index contributed by atoms with van der Waals surface area (Å²) in [4.78, 5) is 22.8. The number of phosphoric ester groups is 1. The smallest absolute Gasteiger partial charge is 0.457 e. The van der Waals surface area contributed by atoms with Gasteiger partial charge in [0.2, 0.25) is 0 Å². The first-order valence-corrected chi connectivity index (χ1v) is 31.5. The largest absolute Gasteiger partial charge is 0.472 e. The summed E-state index contributed by atoms with van der Waals surface area (Å²) in [6.45, 7) is 3.62. The SMILES string of the molecule is CCCCCCCCCCCCCCCCCCCCCCCCCCCCCCCCCC(=O)O[C@H](COCCCCCCCCCCCCCCCCCC)COP(=O)(O)OC[C@@H](O)CO. The molecule has 0 radical (unpaired) electrons. The van der Waals surface area contributed by atoms with E-state index in [9.17, 15) is 19.4 Å². The number of phosphoric acid groups is 1. The topological polar surface area (TPSA) is 132 Å². The number of aliphatic hydroxyl groups excluding tert-OH is 2. The number of carbonyl (C=O) groups is 1. The number of carbonyl (C=O) groups excluding carboxylic acids is 1. The number of hydrogen-bond acceptors (Lipinski definition) is 8. The predicted molar refractivity (Wildman–Crippen MR) is 288 cm³/mol. The minimum absolute atomic E-state index is 0.0589. The van der Waals surface area contributed by atoms with E-state index in [1.54, 1.807) is 0 Å². The summed E-state index contributed by atoms with van der Waals surface area (Å²) in [5.74, 6) is -0.371. The Balaban J connectivity index is 3.84. The fraction of sp³-hybridized carbons (Fsp3) is 0.983. The molecule has 0 aromatic rings. The third-order valence-electron chi connectivity index (χ3n) is 13.8. The number of rotatable bonds is 59. The van der Waals surface area contributed by atoms with Crippen molar-refractivity contribution in [3.8, 4) is 0 Å². The van der Waals surface area contributed by atoms with Crippen molar-refractivity contribution in [1.29, 1.82) is 0 Å². The van der Waals surface area contributed by atoms with Crippen LogP contribution in [0.5, 0.6) is 0 Å². The number of ether oxygens (including phenoxy) is 2. The molecule has 0 aliphatic carbocycles. The molecular formula is C58H117O9P. The van der Waals surface area contributed by atoms with Crippen molar-refractivity contribution in [2.45, 2.75) is 334 Å². The van der Waals surface area contributed by atoms with E-state index >= 15 is 0 Å². The molecule has 0 aliphatic rings. The van der Waals surface area contributed by atoms with Crippen LogP contribution in [0.25, 0.3) is 0 Å². The van der Waals surface area contributed by atoms with Gasteiger partial charge in [-0.2, -0.15) is 0 Å². The molecule has 0 heterocycles. The zero-order valence-corrected chi connectivity index (χ0v) is 46.3. The molecule has 3 N–H and O–H groups in total. The van der Waals surface area contributed by atoms with Crippen LogP contribution in [0.1, 0.15) is 322 Å². The van der Waals surface area contributed by atoms with Crippen molar-refractivity contribution in [3.63, 3.8) is 0 Å². The summed E-state index contributed by atoms with van der Waals surface area (Å²) < 4.78 is 33.6. The van der Waals surface area contributed by atoms with Crippen molar-refractivity contribution in [2.75, 3.05) is 33.0 Å². The van der Waals surface area contributed by atoms with Gasteiger partial charge in [-0.05, 0) is 12.8 Å². The maximum atomic E-state index is 12.7. The second-order valence-corrected chi connectivity index (χ2v) is 22.2. The lowest BCUT2D eigenvalue weighted by Crippen LogP contribution is -2.29. The van der Waals surface area contributed by atoms with E-state index in [-0.39, 0.29) is 25.6 Å². The van der Waals surface area contributed by atoms with Gasteiger partial charge in [-0.15, -0.1) is 0 Å². The van der Waals surface area contributed by atoms with Gasteiger partial charge in [0.1, 0.15) is 12.2 Å². The summed E-state index contributed by atoms with van der Waals surface area (Å²) in [5.41, 5.74) is 0. The Morgan fingerprint density at radius 2 is 0.662 bits per heavy atom. The van der Waals surface area contributed by atoms with Gasteiger partial charge in [-0.1, -0.05) is 303 Å². The molecule has 0 spiro atoms. The first-order chi connectivity index (χ1) is 33.3. The Labute approximate surface area is 422 Å². The first-order valence-electron chi connectivity index (χ1n) is 30.0. The Bertz CT molecular complexity index is 1030. The van der Waals surface area contributed by atoms with E-state index in [1.165, 1.54) is 270 Å². The summed E-state index contributed by atoms with van der Waals surface area (Å²) in [5, 5.41) is 18.5. The Kier molecular flexibility index (Phi) is 55.3. The second kappa shape index (κ2) is 55.8. The molecule has 0 saturated heterocycles. The molecular weight excluding hydrogens is 872 g/mol. The molecule has 0 amide bonds. The predicted octanol–water partition coefficient (Wildman–Crippen LogP) is 18.2. The molecule has 0 aromatic carbocycles. The number of esters is 1. The van der Waals surface area contributed by atoms with Gasteiger partial charge in [0.05, 0.1) is 26.4 Å². The standard InChI is InChI=1S/C58H117O9P/c1-3-5-7-9-11-13-15-17-19-21-22-23-24-25-26-27-28-29-30-31-32-33-34-35-36-38-40-42-44-46-48-50-58(61)67-57(55-66-68(62,63)65-53-56(60)52-59)54-64-51-49-47-45-43-41-39-37-20-18-16-14-12-10-8-6-4-2/h56-57,59-60H,3-55H2,1-2H3,(H,62,63)/t56-,57+/m0/s1. The van der Waals surface area contributed by atoms with Crippen molar-refractivity contribution in [2.24, 2.45) is 0 Å². The van der Waals surface area contributed by atoms with E-state index in [0.29, 0.717) is 6.61 Å². The fourth-order valence-corrected chi connectivity index (χ4v) is 10.0. The average molecular weight is 990 g/mol. The van der Waals surface area contributed by atoms with Crippen molar-refractivity contribution >= 4 is 13.8 Å². The highest BCUT2D eigenvalue weighted by Gasteiger charge is 2.26. The second-order valence-electron chi connectivity index (χ2n) is 20.7. The zero-order chi connectivity index (χ0) is 49.5. The van der Waals surface area contributed by atoms with E-state index in [0.717, 1.165) is 32.1 Å². The maximum Gasteiger partial charge on any atom is 0.472 e. The maximum absolute atomic E-state index is 12.7. The summed E-state index contributed by atoms with van der Waals surface area (Å²) >= 11 is 0. The van der Waals surface area contributed by atoms with Crippen molar-refractivity contribution in [1.82, 2.24) is 0 Å². The molecule has 3 atom stereocenters. The highest BCUT2D eigenvalue weighted by molar-refractivity contribution is 7.47. The van der Waals surface area contributed by atoms with Crippen LogP contribution >= 0.6 is 7.82 Å². The molecule has 0 aliphatic heterocycles. The Morgan fingerprint density at radius 1 is 0.397 bits per heavy atom. The van der Waals surface area contributed by atoms with Gasteiger partial charge in [-0.3, -0.25) is 13.8 Å². The van der Waals surface area contributed by atoms with E-state index in [2.05, 4.69) is 13.8 Å². The summed E-state index contributed by atoms with van der Waals surface area (Å²) in [7, 11) is -4.52. The van der Waals surface area contributed by atoms with Crippen LogP contribution in [-0.4, -0.2) is 66.3 Å². The quantitative estimate of drug-likeness (QED) is 0.0310. The zero-order valence-electron chi connectivity index (χ0n) is 45.4. The lowest BCUT2D eigenvalue weighted by atomic mass is 10.0. The third-order valence-corrected chi connectivity index (χ3v) is 14.7. The van der Waals surface area contributed by atoms with Crippen molar-refractivity contribution < 1.29 is 43.0 Å². The third kappa shape index (κ3) is 54.8. The van der Waals surface area contributed by atoms with Crippen LogP contribution in [0.15, 0.2) is 0 Å². The van der Waals surface area contributed by atoms with E-state index in [1.807, 2.05) is 0 Å². The Hall–Kier alpha value is -0.540. The van der Waals surface area contributed by atoms with Gasteiger partial charge in [-0.25, -0.2) is 4.57 Å². The molecule has 0 saturated carbocycles. The monoisotopic (exact) mass is 989 g/mol. The van der Waals surface area contributed by atoms with Crippen molar-refractivity contribution in [3.05, 3.63) is 0 Å². The van der Waals surface area contributed by atoms with Gasteiger partial charge in [0, 0.05) is 13.0 Å². The minimum atomic E-state index is -4.52. The average Bonchev–Trinajstić information content (AvgIpc) is 3.33. The van der Waals surface area contributed by atoms with Gasteiger partial charge in [0.15, 0.2) is 0 Å². The highest BCUT2D eigenvalue weighted by atomic mass is 31.2. The number of hydrogen-bond donors (Lipinski definition) is 3. The van der Waals surface area contributed by atoms with Gasteiger partial charge >= 0.3 is 13.8 Å². The molecule has 0 rings (SSSR count). The molecule has 10 heteroatoms. The summed E-state index contributed by atoms with van der Waals surface area (Å²) in [6, 6.07) is 0. The van der Waals surface area contributed by atoms with Crippen LogP contribution < -0.4 is 0 Å². The number of aliphatic hydroxyl groups is 2. The molecule has 68 heavy (non-hydrogen) atoms. The first kappa shape index (κ1) is 67.5. The lowest BCUT2D eigenvalue weighted by Gasteiger charge is -2.20. The van der Waals surface area contributed by atoms with Gasteiger partial charge < -0.3 is 24.6 Å². The molecule has 0 aromatic heterocycles. The van der Waals surface area contributed by atoms with E-state index < -0.39 is 33.2 Å². The minimum Gasteiger partial charge on any atom is -0.457 e. The van der Waals surface area contributed by atoms with Crippen LogP contribution in [-0.2, 0) is 27.9 Å². The van der Waals surface area contributed by atoms with Crippen LogP contribution in [0.3, 0.4) is 0 Å². The van der Waals surface area contributed by atoms with Gasteiger partial charge in [0.25, 0.3) is 0 Å². The van der Waals surface area contributed by atoms with Crippen LogP contribution in [0.2, 0.25) is 0 Å². The lowest BCUT2D eigenvalue weighted by molar-refractivity contribution is -0.154. The van der Waals surface area contributed by atoms with E-state index in [4.69, 9.17) is 23.6 Å². The van der Waals surface area contributed by atoms with Crippen LogP contribution in [0.4, 0.5) is 0 Å². The highest BCUT2D eigenvalue weighted by Crippen LogP contribution is 2.43.